The number of rotatable bonds is 13. The molecule has 4 rings (SSSR count). The van der Waals surface area contributed by atoms with E-state index in [4.69, 9.17) is 10.2 Å². The average Bonchev–Trinajstić information content (AvgIpc) is 3.85. The molecule has 1 aliphatic heterocycles. The van der Waals surface area contributed by atoms with Crippen LogP contribution in [-0.4, -0.2) is 97.0 Å². The molecule has 11 nitrogen and oxygen atoms in total. The van der Waals surface area contributed by atoms with Gasteiger partial charge in [-0.1, -0.05) is 30.5 Å². The molecule has 47 heavy (non-hydrogen) atoms. The Labute approximate surface area is 284 Å². The summed E-state index contributed by atoms with van der Waals surface area (Å²) in [6.07, 6.45) is 11.8. The first-order valence-corrected chi connectivity index (χ1v) is 16.7. The smallest absolute Gasteiger partial charge is 0.152 e. The second-order valence-corrected chi connectivity index (χ2v) is 11.2. The monoisotopic (exact) mass is 654 g/mol. The lowest BCUT2D eigenvalue weighted by Gasteiger charge is -2.36. The van der Waals surface area contributed by atoms with Crippen molar-refractivity contribution in [1.82, 2.24) is 25.5 Å². The fourth-order valence-corrected chi connectivity index (χ4v) is 4.38. The zero-order valence-electron chi connectivity index (χ0n) is 29.9. The van der Waals surface area contributed by atoms with Crippen molar-refractivity contribution in [1.29, 1.82) is 0 Å². The van der Waals surface area contributed by atoms with Gasteiger partial charge >= 0.3 is 0 Å². The highest BCUT2D eigenvalue weighted by Gasteiger charge is 2.19. The molecule has 0 atom stereocenters. The van der Waals surface area contributed by atoms with Crippen LogP contribution in [-0.2, 0) is 9.59 Å². The molecule has 264 valence electrons. The Bertz CT molecular complexity index is 1120. The van der Waals surface area contributed by atoms with E-state index >= 15 is 0 Å². The first-order chi connectivity index (χ1) is 22.8. The van der Waals surface area contributed by atoms with Gasteiger partial charge in [0.25, 0.3) is 0 Å². The van der Waals surface area contributed by atoms with Crippen LogP contribution in [0, 0.1) is 19.8 Å². The zero-order chi connectivity index (χ0) is 35.3. The Morgan fingerprint density at radius 3 is 2.13 bits per heavy atom. The van der Waals surface area contributed by atoms with Gasteiger partial charge in [0, 0.05) is 82.3 Å². The second-order valence-electron chi connectivity index (χ2n) is 11.2. The van der Waals surface area contributed by atoms with Crippen LogP contribution >= 0.6 is 0 Å². The number of aryl methyl sites for hydroxylation is 2. The first kappa shape index (κ1) is 43.2. The van der Waals surface area contributed by atoms with Crippen LogP contribution in [0.3, 0.4) is 0 Å². The minimum atomic E-state index is 0.454. The molecule has 1 aromatic heterocycles. The molecule has 0 radical (unpaired) electrons. The molecule has 11 heteroatoms. The lowest BCUT2D eigenvalue weighted by molar-refractivity contribution is -0.109. The Morgan fingerprint density at radius 2 is 1.66 bits per heavy atom. The molecule has 1 saturated heterocycles. The molecule has 1 saturated carbocycles. The molecule has 0 spiro atoms. The van der Waals surface area contributed by atoms with Crippen molar-refractivity contribution in [3.63, 3.8) is 0 Å². The topological polar surface area (TPSA) is 138 Å². The maximum absolute atomic E-state index is 10.3. The molecule has 2 aromatic rings. The number of nitrogens with zero attached hydrogens (tertiary/aromatic N) is 4. The average molecular weight is 655 g/mol. The van der Waals surface area contributed by atoms with Gasteiger partial charge in [-0.15, -0.1) is 13.2 Å². The van der Waals surface area contributed by atoms with Crippen molar-refractivity contribution in [3.05, 3.63) is 66.5 Å². The summed E-state index contributed by atoms with van der Waals surface area (Å²) in [5.41, 5.74) is 6.30. The van der Waals surface area contributed by atoms with Crippen molar-refractivity contribution in [2.24, 2.45) is 10.9 Å². The second kappa shape index (κ2) is 28.4. The quantitative estimate of drug-likeness (QED) is 0.0424. The molecule has 1 aromatic carbocycles. The summed E-state index contributed by atoms with van der Waals surface area (Å²) in [6.45, 7) is 20.3. The lowest BCUT2D eigenvalue weighted by Crippen LogP contribution is -2.48. The summed E-state index contributed by atoms with van der Waals surface area (Å²) >= 11 is 0. The predicted molar refractivity (Wildman–Crippen MR) is 197 cm³/mol. The highest BCUT2D eigenvalue weighted by molar-refractivity contribution is 5.94. The first-order valence-electron chi connectivity index (χ1n) is 16.7. The van der Waals surface area contributed by atoms with Crippen molar-refractivity contribution in [3.8, 4) is 0 Å². The van der Waals surface area contributed by atoms with Gasteiger partial charge < -0.3 is 30.3 Å². The van der Waals surface area contributed by atoms with E-state index in [0.717, 1.165) is 94.1 Å². The number of aromatic nitrogens is 2. The van der Waals surface area contributed by atoms with Crippen molar-refractivity contribution in [2.75, 3.05) is 64.0 Å². The van der Waals surface area contributed by atoms with Crippen LogP contribution in [0.2, 0.25) is 0 Å². The van der Waals surface area contributed by atoms with E-state index in [0.29, 0.717) is 12.3 Å². The van der Waals surface area contributed by atoms with Crippen LogP contribution < -0.4 is 16.1 Å². The van der Waals surface area contributed by atoms with E-state index in [-0.39, 0.29) is 0 Å². The summed E-state index contributed by atoms with van der Waals surface area (Å²) in [5.74, 6) is 2.34. The number of unbranched alkanes of at least 4 members (excludes halogenated alkanes) is 4. The Balaban J connectivity index is 0.000000897. The van der Waals surface area contributed by atoms with Gasteiger partial charge in [-0.05, 0) is 78.1 Å². The van der Waals surface area contributed by atoms with E-state index < -0.39 is 0 Å². The lowest BCUT2D eigenvalue weighted by atomic mass is 10.1. The minimum absolute atomic E-state index is 0.454. The molecule has 5 N–H and O–H groups in total. The number of H-pyrrole nitrogens is 1. The van der Waals surface area contributed by atoms with E-state index in [2.05, 4.69) is 94.9 Å². The molecule has 1 aliphatic carbocycles. The summed E-state index contributed by atoms with van der Waals surface area (Å²) in [4.78, 5) is 29.5. The van der Waals surface area contributed by atoms with Gasteiger partial charge in [0.15, 0.2) is 5.82 Å². The summed E-state index contributed by atoms with van der Waals surface area (Å²) in [5, 5.41) is 20.9. The molecule has 2 fully saturated rings. The maximum Gasteiger partial charge on any atom is 0.152 e. The van der Waals surface area contributed by atoms with Crippen molar-refractivity contribution < 1.29 is 14.8 Å². The number of aliphatic imine (C=N–C) groups is 1. The van der Waals surface area contributed by atoms with Crippen molar-refractivity contribution in [2.45, 2.75) is 72.6 Å². The third-order valence-corrected chi connectivity index (χ3v) is 7.09. The predicted octanol–water partition coefficient (Wildman–Crippen LogP) is 6.25. The fourth-order valence-electron chi connectivity index (χ4n) is 4.38. The van der Waals surface area contributed by atoms with E-state index in [1.807, 2.05) is 20.0 Å². The number of allylic oxidation sites excluding steroid dienone is 1. The molecule has 0 bridgehead atoms. The number of aromatic amines is 1. The van der Waals surface area contributed by atoms with Gasteiger partial charge in [-0.3, -0.25) is 15.0 Å². The summed E-state index contributed by atoms with van der Waals surface area (Å²) in [6, 6.07) is 10.3. The number of benzene rings is 1. The van der Waals surface area contributed by atoms with Crippen LogP contribution in [0.15, 0.2) is 60.3 Å². The summed E-state index contributed by atoms with van der Waals surface area (Å²) < 4.78 is 0. The van der Waals surface area contributed by atoms with Crippen LogP contribution in [0.4, 0.5) is 11.5 Å². The maximum atomic E-state index is 10.3. The molecule has 0 unspecified atom stereocenters. The number of hydroxylamine groups is 1. The molecule has 0 amide bonds. The van der Waals surface area contributed by atoms with E-state index in [9.17, 15) is 9.59 Å². The minimum Gasteiger partial charge on any atom is -0.388 e. The van der Waals surface area contributed by atoms with Crippen LogP contribution in [0.25, 0.3) is 0 Å². The number of amidine groups is 1. The standard InChI is InChI=1S/C21H36N6O.C8H11N.C4H6O.C2H4.CH5NO/c1-4-22-21(17-18(2)23-20-16-19(3)24-25-20)27-13-11-26(12-14-27)10-8-6-5-7-9-15-28;1-7-3-5-8(9-2)6-4-7;5-3-4-1-2-4;1-2;1-2-3/h15-17H,4-14H2,1-3H3,(H2,23,24,25);3-6,9H,1-2H3;3-4H,1-2H2;1-2H2;2-3H,1H3/b18-17+,22-21?;;;;. The van der Waals surface area contributed by atoms with E-state index in [1.165, 1.54) is 37.6 Å². The van der Waals surface area contributed by atoms with Gasteiger partial charge in [-0.25, -0.2) is 5.48 Å². The third kappa shape index (κ3) is 22.4. The Morgan fingerprint density at radius 1 is 1.04 bits per heavy atom. The number of hydrogen-bond donors (Lipinski definition) is 5. The number of hydrogen-bond acceptors (Lipinski definition) is 9. The largest absolute Gasteiger partial charge is 0.388 e. The van der Waals surface area contributed by atoms with Gasteiger partial charge in [0.05, 0.1) is 0 Å². The molecular weight excluding hydrogens is 592 g/mol. The number of aldehydes is 2. The number of carbonyl (C=O) groups excluding carboxylic acids is 2. The zero-order valence-corrected chi connectivity index (χ0v) is 29.9. The van der Waals surface area contributed by atoms with Gasteiger partial charge in [0.2, 0.25) is 0 Å². The third-order valence-electron chi connectivity index (χ3n) is 7.09. The number of carbonyl (C=O) groups is 2. The number of piperazine rings is 1. The normalized spacial score (nSPS) is 14.4. The fraction of sp³-hybridized carbons (Fsp3) is 0.556. The highest BCUT2D eigenvalue weighted by Crippen LogP contribution is 2.25. The van der Waals surface area contributed by atoms with Crippen LogP contribution in [0.5, 0.6) is 0 Å². The number of nitrogens with one attached hydrogen (secondary N) is 4. The molecule has 2 aliphatic rings. The molecular formula is C36H62N8O3. The summed E-state index contributed by atoms with van der Waals surface area (Å²) in [7, 11) is 3.35. The number of anilines is 2. The van der Waals surface area contributed by atoms with Crippen LogP contribution in [0.1, 0.15) is 70.1 Å². The highest BCUT2D eigenvalue weighted by atomic mass is 16.5. The van der Waals surface area contributed by atoms with Gasteiger partial charge in [0.1, 0.15) is 18.4 Å². The Kier molecular flexibility index (Phi) is 26.1. The Hall–Kier alpha value is -3.80. The van der Waals surface area contributed by atoms with Crippen molar-refractivity contribution >= 4 is 29.9 Å². The van der Waals surface area contributed by atoms with E-state index in [1.54, 1.807) is 5.48 Å². The van der Waals surface area contributed by atoms with Gasteiger partial charge in [-0.2, -0.15) is 5.10 Å². The molecule has 2 heterocycles. The SMILES string of the molecule is C=C.CCN=C(/C=C(\C)Nc1cc(C)[nH]n1)N1CCN(CCCCCCC=O)CC1.CNO.CNc1ccc(C)cc1.O=CC1CC1.